The second-order valence-electron chi connectivity index (χ2n) is 4.16. The summed E-state index contributed by atoms with van der Waals surface area (Å²) < 4.78 is 1.99. The Bertz CT molecular complexity index is 287. The van der Waals surface area contributed by atoms with Crippen LogP contribution in [0.25, 0.3) is 0 Å². The summed E-state index contributed by atoms with van der Waals surface area (Å²) in [5, 5.41) is 13.6. The molecule has 1 aromatic rings. The largest absolute Gasteiger partial charge is 0.389 e. The number of hydrogen-bond acceptors (Lipinski definition) is 2. The van der Waals surface area contributed by atoms with Gasteiger partial charge >= 0.3 is 0 Å². The van der Waals surface area contributed by atoms with Gasteiger partial charge in [0, 0.05) is 11.8 Å². The quantitative estimate of drug-likeness (QED) is 0.755. The minimum Gasteiger partial charge on any atom is -0.389 e. The van der Waals surface area contributed by atoms with Gasteiger partial charge in [0.2, 0.25) is 0 Å². The summed E-state index contributed by atoms with van der Waals surface area (Å²) in [6.07, 6.45) is 5.77. The van der Waals surface area contributed by atoms with Crippen molar-refractivity contribution in [1.29, 1.82) is 0 Å². The average molecular weight is 180 g/mol. The highest BCUT2D eigenvalue weighted by Crippen LogP contribution is 2.36. The van der Waals surface area contributed by atoms with Crippen LogP contribution in [0.4, 0.5) is 0 Å². The molecule has 1 fully saturated rings. The standard InChI is InChI=1S/C10H16N2O/c1-7-3-10(4-7)12-6-9(5-11-12)8(2)13/h5-8,10,13H,3-4H2,1-2H3/t7-,8-,10-/m1/s1. The van der Waals surface area contributed by atoms with E-state index < -0.39 is 6.10 Å². The number of aliphatic hydroxyl groups excluding tert-OH is 1. The van der Waals surface area contributed by atoms with E-state index in [0.717, 1.165) is 11.5 Å². The smallest absolute Gasteiger partial charge is 0.0792 e. The topological polar surface area (TPSA) is 38.1 Å². The molecule has 0 radical (unpaired) electrons. The summed E-state index contributed by atoms with van der Waals surface area (Å²) >= 11 is 0. The van der Waals surface area contributed by atoms with Crippen LogP contribution in [0, 0.1) is 5.92 Å². The fraction of sp³-hybridized carbons (Fsp3) is 0.700. The van der Waals surface area contributed by atoms with E-state index in [1.807, 2.05) is 10.9 Å². The third kappa shape index (κ3) is 1.61. The van der Waals surface area contributed by atoms with Crippen LogP contribution >= 0.6 is 0 Å². The first-order valence-corrected chi connectivity index (χ1v) is 4.89. The third-order valence-corrected chi connectivity index (χ3v) is 2.83. The van der Waals surface area contributed by atoms with Crippen molar-refractivity contribution in [3.8, 4) is 0 Å². The zero-order chi connectivity index (χ0) is 9.42. The number of hydrogen-bond donors (Lipinski definition) is 1. The molecule has 3 heteroatoms. The molecule has 0 saturated heterocycles. The summed E-state index contributed by atoms with van der Waals surface area (Å²) in [6, 6.07) is 0.572. The van der Waals surface area contributed by atoms with Gasteiger partial charge in [-0.2, -0.15) is 5.10 Å². The van der Waals surface area contributed by atoms with Crippen molar-refractivity contribution in [2.24, 2.45) is 5.92 Å². The third-order valence-electron chi connectivity index (χ3n) is 2.83. The molecular formula is C10H16N2O. The lowest BCUT2D eigenvalue weighted by molar-refractivity contribution is 0.193. The number of aromatic nitrogens is 2. The summed E-state index contributed by atoms with van der Waals surface area (Å²) in [4.78, 5) is 0. The Morgan fingerprint density at radius 1 is 1.62 bits per heavy atom. The Kier molecular flexibility index (Phi) is 2.12. The Morgan fingerprint density at radius 3 is 2.77 bits per heavy atom. The molecule has 72 valence electrons. The van der Waals surface area contributed by atoms with Crippen molar-refractivity contribution in [3.05, 3.63) is 18.0 Å². The number of nitrogens with zero attached hydrogens (tertiary/aromatic N) is 2. The monoisotopic (exact) mass is 180 g/mol. The van der Waals surface area contributed by atoms with Crippen LogP contribution in [0.3, 0.4) is 0 Å². The maximum absolute atomic E-state index is 9.31. The van der Waals surface area contributed by atoms with Crippen LogP contribution < -0.4 is 0 Å². The van der Waals surface area contributed by atoms with Crippen LogP contribution in [0.2, 0.25) is 0 Å². The van der Waals surface area contributed by atoms with Crippen molar-refractivity contribution in [3.63, 3.8) is 0 Å². The van der Waals surface area contributed by atoms with Crippen molar-refractivity contribution < 1.29 is 5.11 Å². The lowest BCUT2D eigenvalue weighted by Crippen LogP contribution is -2.24. The van der Waals surface area contributed by atoms with E-state index in [-0.39, 0.29) is 0 Å². The molecule has 1 aliphatic carbocycles. The minimum atomic E-state index is -0.397. The van der Waals surface area contributed by atoms with E-state index in [1.165, 1.54) is 12.8 Å². The number of aliphatic hydroxyl groups is 1. The average Bonchev–Trinajstić information content (AvgIpc) is 2.46. The van der Waals surface area contributed by atoms with Gasteiger partial charge < -0.3 is 5.11 Å². The first-order valence-electron chi connectivity index (χ1n) is 4.89. The van der Waals surface area contributed by atoms with Gasteiger partial charge in [0.1, 0.15) is 0 Å². The maximum Gasteiger partial charge on any atom is 0.0792 e. The maximum atomic E-state index is 9.31. The second-order valence-corrected chi connectivity index (χ2v) is 4.16. The molecule has 1 N–H and O–H groups in total. The fourth-order valence-corrected chi connectivity index (χ4v) is 1.84. The highest BCUT2D eigenvalue weighted by atomic mass is 16.3. The summed E-state index contributed by atoms with van der Waals surface area (Å²) in [6.45, 7) is 4.03. The molecule has 0 amide bonds. The van der Waals surface area contributed by atoms with Crippen LogP contribution in [-0.2, 0) is 0 Å². The van der Waals surface area contributed by atoms with Gasteiger partial charge in [-0.25, -0.2) is 0 Å². The molecule has 1 aromatic heterocycles. The van der Waals surface area contributed by atoms with Crippen molar-refractivity contribution in [2.75, 3.05) is 0 Å². The Labute approximate surface area is 78.4 Å². The van der Waals surface area contributed by atoms with Crippen LogP contribution in [0.1, 0.15) is 44.4 Å². The lowest BCUT2D eigenvalue weighted by atomic mass is 9.82. The van der Waals surface area contributed by atoms with E-state index in [1.54, 1.807) is 13.1 Å². The normalized spacial score (nSPS) is 29.8. The van der Waals surface area contributed by atoms with Gasteiger partial charge in [0.05, 0.1) is 18.3 Å². The van der Waals surface area contributed by atoms with Crippen LogP contribution in [0.15, 0.2) is 12.4 Å². The Hall–Kier alpha value is -0.830. The molecule has 0 spiro atoms. The van der Waals surface area contributed by atoms with Crippen LogP contribution in [-0.4, -0.2) is 14.9 Å². The number of rotatable bonds is 2. The van der Waals surface area contributed by atoms with Gasteiger partial charge in [0.25, 0.3) is 0 Å². The molecule has 2 rings (SSSR count). The molecule has 1 atom stereocenters. The summed E-state index contributed by atoms with van der Waals surface area (Å²) in [7, 11) is 0. The molecule has 0 aliphatic heterocycles. The summed E-state index contributed by atoms with van der Waals surface area (Å²) in [5.74, 6) is 0.837. The molecule has 1 saturated carbocycles. The van der Waals surface area contributed by atoms with E-state index >= 15 is 0 Å². The highest BCUT2D eigenvalue weighted by molar-refractivity contribution is 5.07. The lowest BCUT2D eigenvalue weighted by Gasteiger charge is -2.32. The van der Waals surface area contributed by atoms with Crippen molar-refractivity contribution >= 4 is 0 Å². The molecule has 13 heavy (non-hydrogen) atoms. The van der Waals surface area contributed by atoms with Crippen molar-refractivity contribution in [1.82, 2.24) is 9.78 Å². The first-order chi connectivity index (χ1) is 6.16. The Balaban J connectivity index is 2.06. The first kappa shape index (κ1) is 8.75. The SMILES string of the molecule is C[C@@H](O)c1cnn([C@H]2C[C@H](C)C2)c1. The van der Waals surface area contributed by atoms with Gasteiger partial charge in [0.15, 0.2) is 0 Å². The predicted octanol–water partition coefficient (Wildman–Crippen LogP) is 1.91. The zero-order valence-electron chi connectivity index (χ0n) is 8.14. The molecule has 0 unspecified atom stereocenters. The minimum absolute atomic E-state index is 0.397. The molecular weight excluding hydrogens is 164 g/mol. The molecule has 0 bridgehead atoms. The zero-order valence-corrected chi connectivity index (χ0v) is 8.14. The molecule has 0 aromatic carbocycles. The second kappa shape index (κ2) is 3.14. The Morgan fingerprint density at radius 2 is 2.31 bits per heavy atom. The molecule has 3 nitrogen and oxygen atoms in total. The molecule has 1 aliphatic rings. The van der Waals surface area contributed by atoms with E-state index in [9.17, 15) is 5.11 Å². The van der Waals surface area contributed by atoms with Gasteiger partial charge in [-0.05, 0) is 25.7 Å². The van der Waals surface area contributed by atoms with E-state index in [2.05, 4.69) is 12.0 Å². The van der Waals surface area contributed by atoms with Gasteiger partial charge in [-0.15, -0.1) is 0 Å². The van der Waals surface area contributed by atoms with Crippen LogP contribution in [0.5, 0.6) is 0 Å². The fourth-order valence-electron chi connectivity index (χ4n) is 1.84. The van der Waals surface area contributed by atoms with E-state index in [0.29, 0.717) is 6.04 Å². The van der Waals surface area contributed by atoms with Gasteiger partial charge in [-0.1, -0.05) is 6.92 Å². The van der Waals surface area contributed by atoms with E-state index in [4.69, 9.17) is 0 Å². The molecule has 1 heterocycles. The predicted molar refractivity (Wildman–Crippen MR) is 50.3 cm³/mol. The highest BCUT2D eigenvalue weighted by Gasteiger charge is 2.27. The van der Waals surface area contributed by atoms with Gasteiger partial charge in [-0.3, -0.25) is 4.68 Å². The van der Waals surface area contributed by atoms with Crippen molar-refractivity contribution in [2.45, 2.75) is 38.8 Å². The summed E-state index contributed by atoms with van der Waals surface area (Å²) in [5.41, 5.74) is 0.916.